The molecule has 1 heterocycles. The Labute approximate surface area is 158 Å². The number of nitrogens with zero attached hydrogens (tertiary/aromatic N) is 2. The number of benzene rings is 2. The van der Waals surface area contributed by atoms with Crippen molar-refractivity contribution in [1.29, 1.82) is 0 Å². The number of rotatable bonds is 7. The second-order valence-electron chi connectivity index (χ2n) is 5.95. The molecule has 0 unspecified atom stereocenters. The molecule has 0 aliphatic heterocycles. The van der Waals surface area contributed by atoms with Gasteiger partial charge in [0.25, 0.3) is 0 Å². The van der Waals surface area contributed by atoms with E-state index in [0.717, 1.165) is 22.7 Å². The number of halogens is 1. The van der Waals surface area contributed by atoms with Crippen LogP contribution >= 0.6 is 11.6 Å². The first-order valence-corrected chi connectivity index (χ1v) is 8.67. The molecule has 1 aromatic heterocycles. The molecule has 1 atom stereocenters. The molecule has 0 aliphatic carbocycles. The minimum Gasteiger partial charge on any atom is -0.493 e. The van der Waals surface area contributed by atoms with Crippen molar-refractivity contribution in [3.05, 3.63) is 76.8 Å². The molecule has 0 saturated carbocycles. The number of hydrogen-bond donors (Lipinski definition) is 1. The molecule has 0 bridgehead atoms. The molecule has 0 saturated heterocycles. The predicted octanol–water partition coefficient (Wildman–Crippen LogP) is 3.97. The van der Waals surface area contributed by atoms with E-state index in [9.17, 15) is 0 Å². The molecule has 2 aromatic carbocycles. The van der Waals surface area contributed by atoms with Crippen LogP contribution in [-0.2, 0) is 13.6 Å². The summed E-state index contributed by atoms with van der Waals surface area (Å²) < 4.78 is 12.7. The summed E-state index contributed by atoms with van der Waals surface area (Å²) in [5.74, 6) is 2.37. The van der Waals surface area contributed by atoms with Gasteiger partial charge in [-0.3, -0.25) is 5.32 Å². The lowest BCUT2D eigenvalue weighted by Gasteiger charge is -2.20. The van der Waals surface area contributed by atoms with Gasteiger partial charge >= 0.3 is 0 Å². The maximum absolute atomic E-state index is 6.04. The van der Waals surface area contributed by atoms with Crippen LogP contribution in [0.5, 0.6) is 11.5 Å². The van der Waals surface area contributed by atoms with Gasteiger partial charge in [-0.1, -0.05) is 29.8 Å². The molecule has 136 valence electrons. The minimum absolute atomic E-state index is 0.0552. The van der Waals surface area contributed by atoms with E-state index in [-0.39, 0.29) is 6.04 Å². The molecule has 0 spiro atoms. The number of aromatic nitrogens is 2. The molecule has 0 radical (unpaired) electrons. The summed E-state index contributed by atoms with van der Waals surface area (Å²) in [6, 6.07) is 13.7. The maximum Gasteiger partial charge on any atom is 0.161 e. The van der Waals surface area contributed by atoms with Gasteiger partial charge < -0.3 is 14.0 Å². The fourth-order valence-electron chi connectivity index (χ4n) is 2.88. The van der Waals surface area contributed by atoms with Crippen molar-refractivity contribution in [3.63, 3.8) is 0 Å². The third-order valence-corrected chi connectivity index (χ3v) is 4.53. The first kappa shape index (κ1) is 18.3. The summed E-state index contributed by atoms with van der Waals surface area (Å²) in [5, 5.41) is 4.30. The van der Waals surface area contributed by atoms with Crippen molar-refractivity contribution >= 4 is 11.6 Å². The fraction of sp³-hybridized carbons (Fsp3) is 0.250. The summed E-state index contributed by atoms with van der Waals surface area (Å²) in [6.07, 6.45) is 3.74. The van der Waals surface area contributed by atoms with E-state index in [1.165, 1.54) is 0 Å². The largest absolute Gasteiger partial charge is 0.493 e. The molecule has 5 nitrogen and oxygen atoms in total. The van der Waals surface area contributed by atoms with Crippen molar-refractivity contribution in [1.82, 2.24) is 14.9 Å². The van der Waals surface area contributed by atoms with Gasteiger partial charge in [0, 0.05) is 31.0 Å². The van der Waals surface area contributed by atoms with Gasteiger partial charge in [0.15, 0.2) is 11.5 Å². The highest BCUT2D eigenvalue weighted by atomic mass is 35.5. The summed E-state index contributed by atoms with van der Waals surface area (Å²) >= 11 is 6.04. The van der Waals surface area contributed by atoms with Crippen molar-refractivity contribution in [2.24, 2.45) is 7.05 Å². The Morgan fingerprint density at radius 1 is 1.08 bits per heavy atom. The zero-order valence-corrected chi connectivity index (χ0v) is 15.8. The van der Waals surface area contributed by atoms with Gasteiger partial charge in [-0.25, -0.2) is 4.98 Å². The van der Waals surface area contributed by atoms with Crippen molar-refractivity contribution in [2.45, 2.75) is 12.6 Å². The molecular formula is C20H22ClN3O2. The lowest BCUT2D eigenvalue weighted by Crippen LogP contribution is -2.24. The van der Waals surface area contributed by atoms with Gasteiger partial charge in [0.1, 0.15) is 5.82 Å². The highest BCUT2D eigenvalue weighted by Crippen LogP contribution is 2.28. The first-order valence-electron chi connectivity index (χ1n) is 8.29. The van der Waals surface area contributed by atoms with Gasteiger partial charge in [-0.15, -0.1) is 0 Å². The predicted molar refractivity (Wildman–Crippen MR) is 103 cm³/mol. The second-order valence-corrected chi connectivity index (χ2v) is 6.39. The van der Waals surface area contributed by atoms with Crippen LogP contribution in [0.2, 0.25) is 5.02 Å². The monoisotopic (exact) mass is 371 g/mol. The van der Waals surface area contributed by atoms with E-state index in [1.54, 1.807) is 20.4 Å². The van der Waals surface area contributed by atoms with Gasteiger partial charge in [-0.05, 0) is 35.4 Å². The Balaban J connectivity index is 1.85. The van der Waals surface area contributed by atoms with Crippen LogP contribution in [0.1, 0.15) is 23.0 Å². The number of nitrogens with one attached hydrogen (secondary N) is 1. The molecule has 3 aromatic rings. The molecule has 3 rings (SSSR count). The van der Waals surface area contributed by atoms with E-state index >= 15 is 0 Å². The molecule has 0 amide bonds. The van der Waals surface area contributed by atoms with Crippen molar-refractivity contribution in [2.75, 3.05) is 14.2 Å². The lowest BCUT2D eigenvalue weighted by atomic mass is 10.1. The highest BCUT2D eigenvalue weighted by molar-refractivity contribution is 6.30. The molecule has 0 aliphatic rings. The van der Waals surface area contributed by atoms with Crippen LogP contribution in [0.15, 0.2) is 54.9 Å². The maximum atomic E-state index is 6.04. The van der Waals surface area contributed by atoms with E-state index < -0.39 is 0 Å². The summed E-state index contributed by atoms with van der Waals surface area (Å²) in [6.45, 7) is 0.653. The summed E-state index contributed by atoms with van der Waals surface area (Å²) in [5.41, 5.74) is 2.19. The minimum atomic E-state index is -0.0552. The molecule has 0 fully saturated rings. The normalized spacial score (nSPS) is 12.0. The standard InChI is InChI=1S/C20H22ClN3O2/c1-24-11-10-22-20(24)19(15-5-7-16(21)8-6-15)23-13-14-4-9-17(25-2)18(12-14)26-3/h4-12,19,23H,13H2,1-3H3/t19-/m1/s1. The number of ether oxygens (including phenoxy) is 2. The van der Waals surface area contributed by atoms with Crippen LogP contribution < -0.4 is 14.8 Å². The van der Waals surface area contributed by atoms with Crippen molar-refractivity contribution < 1.29 is 9.47 Å². The quantitative estimate of drug-likeness (QED) is 0.682. The fourth-order valence-corrected chi connectivity index (χ4v) is 3.01. The van der Waals surface area contributed by atoms with Crippen LogP contribution in [0.4, 0.5) is 0 Å². The molecular weight excluding hydrogens is 350 g/mol. The van der Waals surface area contributed by atoms with E-state index in [1.807, 2.05) is 60.3 Å². The van der Waals surface area contributed by atoms with Crippen LogP contribution in [0.25, 0.3) is 0 Å². The SMILES string of the molecule is COc1ccc(CN[C@H](c2ccc(Cl)cc2)c2nccn2C)cc1OC. The van der Waals surface area contributed by atoms with Gasteiger partial charge in [0.05, 0.1) is 20.3 Å². The van der Waals surface area contributed by atoms with E-state index in [2.05, 4.69) is 10.3 Å². The Morgan fingerprint density at radius 3 is 2.42 bits per heavy atom. The highest BCUT2D eigenvalue weighted by Gasteiger charge is 2.18. The van der Waals surface area contributed by atoms with Crippen LogP contribution in [-0.4, -0.2) is 23.8 Å². The average molecular weight is 372 g/mol. The number of hydrogen-bond acceptors (Lipinski definition) is 4. The second kappa shape index (κ2) is 8.25. The molecule has 6 heteroatoms. The number of aryl methyl sites for hydroxylation is 1. The summed E-state index contributed by atoms with van der Waals surface area (Å²) in [4.78, 5) is 4.51. The zero-order valence-electron chi connectivity index (χ0n) is 15.1. The third kappa shape index (κ3) is 4.00. The Bertz CT molecular complexity index is 862. The molecule has 1 N–H and O–H groups in total. The number of methoxy groups -OCH3 is 2. The van der Waals surface area contributed by atoms with Crippen LogP contribution in [0, 0.1) is 0 Å². The molecule has 26 heavy (non-hydrogen) atoms. The smallest absolute Gasteiger partial charge is 0.161 e. The topological polar surface area (TPSA) is 48.3 Å². The zero-order chi connectivity index (χ0) is 18.5. The average Bonchev–Trinajstić information content (AvgIpc) is 3.09. The van der Waals surface area contributed by atoms with E-state index in [4.69, 9.17) is 21.1 Å². The Morgan fingerprint density at radius 2 is 1.81 bits per heavy atom. The first-order chi connectivity index (χ1) is 12.6. The Kier molecular flexibility index (Phi) is 5.81. The van der Waals surface area contributed by atoms with Crippen molar-refractivity contribution in [3.8, 4) is 11.5 Å². The third-order valence-electron chi connectivity index (χ3n) is 4.28. The Hall–Kier alpha value is -2.50. The number of imidazole rings is 1. The van der Waals surface area contributed by atoms with E-state index in [0.29, 0.717) is 17.3 Å². The van der Waals surface area contributed by atoms with Gasteiger partial charge in [0.2, 0.25) is 0 Å². The van der Waals surface area contributed by atoms with Crippen LogP contribution in [0.3, 0.4) is 0 Å². The lowest BCUT2D eigenvalue weighted by molar-refractivity contribution is 0.354. The summed E-state index contributed by atoms with van der Waals surface area (Å²) in [7, 11) is 5.26. The van der Waals surface area contributed by atoms with Gasteiger partial charge in [-0.2, -0.15) is 0 Å².